The molecule has 1 amide bonds. The number of rotatable bonds is 3. The van der Waals surface area contributed by atoms with E-state index in [9.17, 15) is 13.2 Å². The van der Waals surface area contributed by atoms with Crippen LogP contribution in [0.1, 0.15) is 16.1 Å². The molecule has 1 aromatic heterocycles. The van der Waals surface area contributed by atoms with E-state index in [1.54, 1.807) is 11.0 Å². The maximum absolute atomic E-state index is 12.7. The van der Waals surface area contributed by atoms with Crippen molar-refractivity contribution in [2.75, 3.05) is 32.4 Å². The number of aromatic nitrogens is 1. The Morgan fingerprint density at radius 1 is 1.00 bits per heavy atom. The van der Waals surface area contributed by atoms with E-state index < -0.39 is 10.0 Å². The molecule has 1 aliphatic heterocycles. The van der Waals surface area contributed by atoms with Crippen molar-refractivity contribution in [3.05, 3.63) is 53.7 Å². The average molecular weight is 359 g/mol. The van der Waals surface area contributed by atoms with E-state index in [1.807, 2.05) is 43.3 Å². The summed E-state index contributed by atoms with van der Waals surface area (Å²) in [5.74, 6) is -0.0993. The minimum Gasteiger partial charge on any atom is -0.336 e. The van der Waals surface area contributed by atoms with Gasteiger partial charge < -0.3 is 4.90 Å². The lowest BCUT2D eigenvalue weighted by Gasteiger charge is -2.33. The van der Waals surface area contributed by atoms with Gasteiger partial charge in [0.15, 0.2) is 0 Å². The Morgan fingerprint density at radius 3 is 2.20 bits per heavy atom. The van der Waals surface area contributed by atoms with Gasteiger partial charge in [-0.1, -0.05) is 30.3 Å². The molecule has 1 saturated heterocycles. The molecule has 132 valence electrons. The summed E-state index contributed by atoms with van der Waals surface area (Å²) in [6, 6.07) is 13.5. The molecule has 0 atom stereocenters. The Balaban J connectivity index is 1.75. The Bertz CT molecular complexity index is 874. The maximum atomic E-state index is 12.7. The number of pyridine rings is 1. The number of piperazine rings is 1. The Kier molecular flexibility index (Phi) is 4.87. The molecule has 1 fully saturated rings. The van der Waals surface area contributed by atoms with Crippen LogP contribution in [0, 0.1) is 6.92 Å². The molecule has 2 aromatic rings. The van der Waals surface area contributed by atoms with Gasteiger partial charge in [-0.3, -0.25) is 9.78 Å². The molecular formula is C18H21N3O3S. The first-order valence-electron chi connectivity index (χ1n) is 8.14. The van der Waals surface area contributed by atoms with Crippen LogP contribution in [-0.2, 0) is 10.0 Å². The lowest BCUT2D eigenvalue weighted by molar-refractivity contribution is 0.0697. The molecule has 0 spiro atoms. The van der Waals surface area contributed by atoms with E-state index in [2.05, 4.69) is 4.98 Å². The number of sulfonamides is 1. The smallest absolute Gasteiger partial charge is 0.255 e. The molecule has 0 saturated carbocycles. The summed E-state index contributed by atoms with van der Waals surface area (Å²) in [5.41, 5.74) is 3.08. The Morgan fingerprint density at radius 2 is 1.64 bits per heavy atom. The number of benzene rings is 1. The fraction of sp³-hybridized carbons (Fsp3) is 0.333. The molecule has 6 nitrogen and oxygen atoms in total. The van der Waals surface area contributed by atoms with Crippen molar-refractivity contribution in [2.45, 2.75) is 6.92 Å². The second-order valence-electron chi connectivity index (χ2n) is 6.15. The van der Waals surface area contributed by atoms with Crippen LogP contribution in [0.2, 0.25) is 0 Å². The van der Waals surface area contributed by atoms with Crippen LogP contribution in [0.5, 0.6) is 0 Å². The third-order valence-electron chi connectivity index (χ3n) is 4.38. The second kappa shape index (κ2) is 6.93. The van der Waals surface area contributed by atoms with Gasteiger partial charge in [0.1, 0.15) is 0 Å². The minimum absolute atomic E-state index is 0.0993. The van der Waals surface area contributed by atoms with E-state index in [4.69, 9.17) is 0 Å². The number of hydrogen-bond acceptors (Lipinski definition) is 4. The zero-order chi connectivity index (χ0) is 18.0. The van der Waals surface area contributed by atoms with Gasteiger partial charge in [0.05, 0.1) is 23.2 Å². The van der Waals surface area contributed by atoms with Gasteiger partial charge in [-0.2, -0.15) is 4.31 Å². The van der Waals surface area contributed by atoms with Gasteiger partial charge in [0.25, 0.3) is 5.91 Å². The van der Waals surface area contributed by atoms with Crippen LogP contribution in [0.3, 0.4) is 0 Å². The highest BCUT2D eigenvalue weighted by atomic mass is 32.2. The highest BCUT2D eigenvalue weighted by Gasteiger charge is 2.27. The highest BCUT2D eigenvalue weighted by Crippen LogP contribution is 2.20. The fourth-order valence-corrected chi connectivity index (χ4v) is 3.78. The van der Waals surface area contributed by atoms with Crippen molar-refractivity contribution in [3.8, 4) is 11.3 Å². The number of nitrogens with zero attached hydrogens (tertiary/aromatic N) is 3. The average Bonchev–Trinajstić information content (AvgIpc) is 2.61. The number of amides is 1. The summed E-state index contributed by atoms with van der Waals surface area (Å²) in [7, 11) is -3.20. The Labute approximate surface area is 148 Å². The quantitative estimate of drug-likeness (QED) is 0.837. The number of carbonyl (C=O) groups excluding carboxylic acids is 1. The first kappa shape index (κ1) is 17.6. The molecule has 2 heterocycles. The normalized spacial score (nSPS) is 16.0. The molecule has 0 bridgehead atoms. The minimum atomic E-state index is -3.20. The highest BCUT2D eigenvalue weighted by molar-refractivity contribution is 7.88. The van der Waals surface area contributed by atoms with Gasteiger partial charge in [-0.25, -0.2) is 8.42 Å². The number of carbonyl (C=O) groups is 1. The van der Waals surface area contributed by atoms with E-state index >= 15 is 0 Å². The lowest BCUT2D eigenvalue weighted by atomic mass is 10.1. The van der Waals surface area contributed by atoms with Crippen molar-refractivity contribution in [2.24, 2.45) is 0 Å². The summed E-state index contributed by atoms with van der Waals surface area (Å²) in [4.78, 5) is 19.0. The topological polar surface area (TPSA) is 70.6 Å². The third kappa shape index (κ3) is 3.88. The number of hydrogen-bond donors (Lipinski definition) is 0. The molecule has 0 unspecified atom stereocenters. The first-order chi connectivity index (χ1) is 11.9. The molecule has 0 aliphatic carbocycles. The van der Waals surface area contributed by atoms with E-state index in [1.165, 1.54) is 10.6 Å². The zero-order valence-electron chi connectivity index (χ0n) is 14.3. The lowest BCUT2D eigenvalue weighted by Crippen LogP contribution is -2.50. The Hall–Kier alpha value is -2.25. The summed E-state index contributed by atoms with van der Waals surface area (Å²) < 4.78 is 24.5. The standard InChI is InChI=1S/C18H21N3O3S/c1-14-16(8-9-17(19-14)15-6-4-3-5-7-15)18(22)20-10-12-21(13-11-20)25(2,23)24/h3-9H,10-13H2,1-2H3. The summed E-state index contributed by atoms with van der Waals surface area (Å²) in [6.45, 7) is 3.28. The molecule has 25 heavy (non-hydrogen) atoms. The predicted molar refractivity (Wildman–Crippen MR) is 96.7 cm³/mol. The summed E-state index contributed by atoms with van der Waals surface area (Å²) >= 11 is 0. The van der Waals surface area contributed by atoms with Crippen molar-refractivity contribution >= 4 is 15.9 Å². The van der Waals surface area contributed by atoms with Gasteiger partial charge in [-0.15, -0.1) is 0 Å². The summed E-state index contributed by atoms with van der Waals surface area (Å²) in [5, 5.41) is 0. The molecular weight excluding hydrogens is 338 g/mol. The van der Waals surface area contributed by atoms with Gasteiger partial charge >= 0.3 is 0 Å². The predicted octanol–water partition coefficient (Wildman–Crippen LogP) is 1.77. The largest absolute Gasteiger partial charge is 0.336 e. The van der Waals surface area contributed by atoms with Crippen LogP contribution < -0.4 is 0 Å². The van der Waals surface area contributed by atoms with Crippen LogP contribution in [0.15, 0.2) is 42.5 Å². The van der Waals surface area contributed by atoms with E-state index in [-0.39, 0.29) is 5.91 Å². The van der Waals surface area contributed by atoms with E-state index in [0.29, 0.717) is 37.4 Å². The summed E-state index contributed by atoms with van der Waals surface area (Å²) in [6.07, 6.45) is 1.20. The molecule has 7 heteroatoms. The van der Waals surface area contributed by atoms with Gasteiger partial charge in [0, 0.05) is 31.7 Å². The molecule has 3 rings (SSSR count). The van der Waals surface area contributed by atoms with Crippen LogP contribution in [0.25, 0.3) is 11.3 Å². The fourth-order valence-electron chi connectivity index (χ4n) is 2.95. The molecule has 1 aromatic carbocycles. The van der Waals surface area contributed by atoms with Crippen LogP contribution in [0.4, 0.5) is 0 Å². The maximum Gasteiger partial charge on any atom is 0.255 e. The van der Waals surface area contributed by atoms with Crippen molar-refractivity contribution < 1.29 is 13.2 Å². The second-order valence-corrected chi connectivity index (χ2v) is 8.13. The van der Waals surface area contributed by atoms with Crippen molar-refractivity contribution in [1.82, 2.24) is 14.2 Å². The zero-order valence-corrected chi connectivity index (χ0v) is 15.2. The van der Waals surface area contributed by atoms with Gasteiger partial charge in [-0.05, 0) is 19.1 Å². The van der Waals surface area contributed by atoms with Crippen molar-refractivity contribution in [1.29, 1.82) is 0 Å². The molecule has 0 radical (unpaired) electrons. The van der Waals surface area contributed by atoms with Crippen molar-refractivity contribution in [3.63, 3.8) is 0 Å². The van der Waals surface area contributed by atoms with Gasteiger partial charge in [0.2, 0.25) is 10.0 Å². The SMILES string of the molecule is Cc1nc(-c2ccccc2)ccc1C(=O)N1CCN(S(C)(=O)=O)CC1. The first-order valence-corrected chi connectivity index (χ1v) is 9.98. The van der Waals surface area contributed by atoms with Crippen LogP contribution >= 0.6 is 0 Å². The third-order valence-corrected chi connectivity index (χ3v) is 5.68. The molecule has 1 aliphatic rings. The van der Waals surface area contributed by atoms with E-state index in [0.717, 1.165) is 11.3 Å². The molecule has 0 N–H and O–H groups in total. The monoisotopic (exact) mass is 359 g/mol. The van der Waals surface area contributed by atoms with Crippen LogP contribution in [-0.4, -0.2) is 60.9 Å². The number of aryl methyl sites for hydroxylation is 1.